The van der Waals surface area contributed by atoms with E-state index in [2.05, 4.69) is 20.3 Å². The molecule has 4 nitrogen and oxygen atoms in total. The second-order valence-electron chi connectivity index (χ2n) is 3.15. The Hall–Kier alpha value is -1.33. The summed E-state index contributed by atoms with van der Waals surface area (Å²) >= 11 is 1.67. The van der Waals surface area contributed by atoms with Gasteiger partial charge >= 0.3 is 0 Å². The Kier molecular flexibility index (Phi) is 3.37. The van der Waals surface area contributed by atoms with Crippen LogP contribution >= 0.6 is 11.3 Å². The van der Waals surface area contributed by atoms with E-state index in [0.717, 1.165) is 12.1 Å². The molecule has 1 unspecified atom stereocenters. The average molecular weight is 220 g/mol. The van der Waals surface area contributed by atoms with Crippen molar-refractivity contribution in [3.8, 4) is 0 Å². The van der Waals surface area contributed by atoms with Crippen molar-refractivity contribution in [1.29, 1.82) is 0 Å². The molecule has 2 heterocycles. The van der Waals surface area contributed by atoms with Gasteiger partial charge in [0.1, 0.15) is 6.33 Å². The average Bonchev–Trinajstić information content (AvgIpc) is 2.80. The van der Waals surface area contributed by atoms with Crippen LogP contribution < -0.4 is 5.32 Å². The van der Waals surface area contributed by atoms with Gasteiger partial charge in [0.2, 0.25) is 0 Å². The molecule has 0 amide bonds. The van der Waals surface area contributed by atoms with E-state index >= 15 is 0 Å². The second kappa shape index (κ2) is 4.95. The fourth-order valence-electron chi connectivity index (χ4n) is 1.41. The molecule has 1 atom stereocenters. The van der Waals surface area contributed by atoms with Crippen LogP contribution in [-0.2, 0) is 6.42 Å². The van der Waals surface area contributed by atoms with Gasteiger partial charge in [0.05, 0.1) is 17.2 Å². The third-order valence-corrected chi connectivity index (χ3v) is 3.00. The van der Waals surface area contributed by atoms with E-state index in [9.17, 15) is 0 Å². The Labute approximate surface area is 92.4 Å². The van der Waals surface area contributed by atoms with Crippen LogP contribution in [-0.4, -0.2) is 22.0 Å². The van der Waals surface area contributed by atoms with Crippen molar-refractivity contribution in [2.24, 2.45) is 0 Å². The zero-order valence-corrected chi connectivity index (χ0v) is 9.24. The van der Waals surface area contributed by atoms with Crippen molar-refractivity contribution >= 4 is 11.3 Å². The maximum absolute atomic E-state index is 4.24. The van der Waals surface area contributed by atoms with Crippen LogP contribution in [0.4, 0.5) is 0 Å². The summed E-state index contributed by atoms with van der Waals surface area (Å²) in [6.45, 7) is 0. The molecule has 0 saturated heterocycles. The molecule has 1 N–H and O–H groups in total. The Balaban J connectivity index is 2.12. The van der Waals surface area contributed by atoms with Gasteiger partial charge in [0, 0.05) is 23.7 Å². The normalized spacial score (nSPS) is 12.6. The van der Waals surface area contributed by atoms with Crippen LogP contribution in [0.2, 0.25) is 0 Å². The van der Waals surface area contributed by atoms with Gasteiger partial charge in [-0.15, -0.1) is 11.3 Å². The molecule has 0 aliphatic heterocycles. The Morgan fingerprint density at radius 3 is 3.00 bits per heavy atom. The minimum atomic E-state index is 0.230. The third kappa shape index (κ3) is 2.57. The topological polar surface area (TPSA) is 50.7 Å². The lowest BCUT2D eigenvalue weighted by atomic mass is 10.1. The Bertz CT molecular complexity index is 387. The van der Waals surface area contributed by atoms with Crippen LogP contribution in [0.25, 0.3) is 0 Å². The molecule has 0 fully saturated rings. The maximum Gasteiger partial charge on any atom is 0.115 e. The van der Waals surface area contributed by atoms with Gasteiger partial charge in [-0.3, -0.25) is 4.98 Å². The molecule has 0 spiro atoms. The fraction of sp³-hybridized carbons (Fsp3) is 0.300. The first-order valence-electron chi connectivity index (χ1n) is 4.70. The highest BCUT2D eigenvalue weighted by Gasteiger charge is 2.11. The van der Waals surface area contributed by atoms with Crippen molar-refractivity contribution < 1.29 is 0 Å². The predicted molar refractivity (Wildman–Crippen MR) is 59.7 cm³/mol. The monoisotopic (exact) mass is 220 g/mol. The number of hydrogen-bond donors (Lipinski definition) is 1. The second-order valence-corrected chi connectivity index (χ2v) is 4.12. The number of hydrogen-bond acceptors (Lipinski definition) is 5. The molecule has 2 rings (SSSR count). The molecular weight excluding hydrogens is 208 g/mol. The lowest BCUT2D eigenvalue weighted by molar-refractivity contribution is 0.578. The van der Waals surface area contributed by atoms with Gasteiger partial charge in [0.15, 0.2) is 0 Å². The zero-order chi connectivity index (χ0) is 10.5. The first-order chi connectivity index (χ1) is 7.40. The Morgan fingerprint density at radius 1 is 1.47 bits per heavy atom. The Morgan fingerprint density at radius 2 is 2.40 bits per heavy atom. The highest BCUT2D eigenvalue weighted by atomic mass is 32.1. The molecular formula is C10H12N4S. The molecule has 2 aromatic heterocycles. The number of likely N-dealkylation sites (N-methyl/N-ethyl adjacent to an activating group) is 1. The zero-order valence-electron chi connectivity index (χ0n) is 8.42. The molecule has 5 heteroatoms. The van der Waals surface area contributed by atoms with Gasteiger partial charge in [-0.25, -0.2) is 9.97 Å². The lowest BCUT2D eigenvalue weighted by Gasteiger charge is -2.13. The van der Waals surface area contributed by atoms with Crippen molar-refractivity contribution in [3.63, 3.8) is 0 Å². The number of thiazole rings is 1. The van der Waals surface area contributed by atoms with Gasteiger partial charge in [-0.1, -0.05) is 0 Å². The summed E-state index contributed by atoms with van der Waals surface area (Å²) < 4.78 is 0. The third-order valence-electron chi connectivity index (χ3n) is 2.20. The van der Waals surface area contributed by atoms with Crippen LogP contribution in [0, 0.1) is 0 Å². The van der Waals surface area contributed by atoms with Gasteiger partial charge in [-0.05, 0) is 13.1 Å². The maximum atomic E-state index is 4.24. The van der Waals surface area contributed by atoms with E-state index in [0.29, 0.717) is 0 Å². The van der Waals surface area contributed by atoms with Gasteiger partial charge in [-0.2, -0.15) is 0 Å². The van der Waals surface area contributed by atoms with E-state index in [-0.39, 0.29) is 6.04 Å². The predicted octanol–water partition coefficient (Wildman–Crippen LogP) is 1.44. The minimum Gasteiger partial charge on any atom is -0.311 e. The summed E-state index contributed by atoms with van der Waals surface area (Å²) in [5.74, 6) is 0. The molecule has 0 aliphatic rings. The quantitative estimate of drug-likeness (QED) is 0.847. The highest BCUT2D eigenvalue weighted by molar-refractivity contribution is 7.09. The summed E-state index contributed by atoms with van der Waals surface area (Å²) in [5, 5.41) is 3.25. The van der Waals surface area contributed by atoms with Crippen LogP contribution in [0.15, 0.2) is 30.3 Å². The standard InChI is InChI=1S/C10H12N4S/c1-11-10(4-8-5-13-7-15-8)9-2-3-12-6-14-9/h2-3,5-7,10-11H,4H2,1H3. The molecule has 0 saturated carbocycles. The summed E-state index contributed by atoms with van der Waals surface area (Å²) in [5.41, 5.74) is 2.86. The first kappa shape index (κ1) is 10.2. The molecule has 15 heavy (non-hydrogen) atoms. The summed E-state index contributed by atoms with van der Waals surface area (Å²) in [4.78, 5) is 13.5. The molecule has 78 valence electrons. The van der Waals surface area contributed by atoms with Crippen LogP contribution in [0.5, 0.6) is 0 Å². The SMILES string of the molecule is CNC(Cc1cncs1)c1ccncn1. The first-order valence-corrected chi connectivity index (χ1v) is 5.58. The molecule has 0 aromatic carbocycles. The van der Waals surface area contributed by atoms with Crippen LogP contribution in [0.1, 0.15) is 16.6 Å². The smallest absolute Gasteiger partial charge is 0.115 e. The number of nitrogens with zero attached hydrogens (tertiary/aromatic N) is 3. The minimum absolute atomic E-state index is 0.230. The van der Waals surface area contributed by atoms with E-state index in [1.807, 2.05) is 24.8 Å². The van der Waals surface area contributed by atoms with Crippen molar-refractivity contribution in [2.45, 2.75) is 12.5 Å². The summed E-state index contributed by atoms with van der Waals surface area (Å²) in [6, 6.07) is 2.16. The molecule has 0 bridgehead atoms. The van der Waals surface area contributed by atoms with E-state index in [4.69, 9.17) is 0 Å². The van der Waals surface area contributed by atoms with Crippen molar-refractivity contribution in [1.82, 2.24) is 20.3 Å². The largest absolute Gasteiger partial charge is 0.311 e. The molecule has 0 radical (unpaired) electrons. The number of aromatic nitrogens is 3. The summed E-state index contributed by atoms with van der Waals surface area (Å²) in [6.07, 6.45) is 6.15. The van der Waals surface area contributed by atoms with Crippen molar-refractivity contribution in [3.05, 3.63) is 40.9 Å². The van der Waals surface area contributed by atoms with Crippen LogP contribution in [0.3, 0.4) is 0 Å². The fourth-order valence-corrected chi connectivity index (χ4v) is 2.05. The lowest BCUT2D eigenvalue weighted by Crippen LogP contribution is -2.19. The van der Waals surface area contributed by atoms with Gasteiger partial charge < -0.3 is 5.32 Å². The van der Waals surface area contributed by atoms with Gasteiger partial charge in [0.25, 0.3) is 0 Å². The van der Waals surface area contributed by atoms with E-state index in [1.165, 1.54) is 4.88 Å². The van der Waals surface area contributed by atoms with E-state index in [1.54, 1.807) is 23.9 Å². The number of rotatable bonds is 4. The van der Waals surface area contributed by atoms with E-state index < -0.39 is 0 Å². The molecule has 0 aliphatic carbocycles. The highest BCUT2D eigenvalue weighted by Crippen LogP contribution is 2.17. The van der Waals surface area contributed by atoms with Crippen molar-refractivity contribution in [2.75, 3.05) is 7.05 Å². The summed E-state index contributed by atoms with van der Waals surface area (Å²) in [7, 11) is 1.94. The molecule has 2 aromatic rings. The number of nitrogens with one attached hydrogen (secondary N) is 1.